The van der Waals surface area contributed by atoms with Crippen LogP contribution in [0.1, 0.15) is 94.2 Å². The summed E-state index contributed by atoms with van der Waals surface area (Å²) in [6.07, 6.45) is -0.0434. The minimum Gasteiger partial charge on any atom is -0.410 e. The molecule has 0 aliphatic rings. The summed E-state index contributed by atoms with van der Waals surface area (Å²) >= 11 is 0. The van der Waals surface area contributed by atoms with Crippen molar-refractivity contribution in [1.29, 1.82) is 0 Å². The van der Waals surface area contributed by atoms with E-state index in [9.17, 15) is 14.4 Å². The van der Waals surface area contributed by atoms with Crippen LogP contribution >= 0.6 is 0 Å². The summed E-state index contributed by atoms with van der Waals surface area (Å²) < 4.78 is 17.2. The molecule has 9 heteroatoms. The Hall–Kier alpha value is -3.75. The first-order valence-electron chi connectivity index (χ1n) is 15.7. The number of carbonyl (C=O) groups is 3. The molecule has 0 heterocycles. The average Bonchev–Trinajstić information content (AvgIpc) is 2.86. The molecule has 244 valence electrons. The van der Waals surface area contributed by atoms with Crippen molar-refractivity contribution < 1.29 is 28.6 Å². The molecule has 2 rings (SSSR count). The fourth-order valence-electron chi connectivity index (χ4n) is 5.42. The Labute approximate surface area is 264 Å². The van der Waals surface area contributed by atoms with Crippen molar-refractivity contribution >= 4 is 18.3 Å². The van der Waals surface area contributed by atoms with Crippen LogP contribution in [0.15, 0.2) is 42.5 Å². The summed E-state index contributed by atoms with van der Waals surface area (Å²) in [6.45, 7) is 23.4. The van der Waals surface area contributed by atoms with E-state index < -0.39 is 12.2 Å². The van der Waals surface area contributed by atoms with Gasteiger partial charge in [-0.3, -0.25) is 0 Å². The highest BCUT2D eigenvalue weighted by Crippen LogP contribution is 2.27. The van der Waals surface area contributed by atoms with Crippen molar-refractivity contribution in [3.8, 4) is 17.2 Å². The second-order valence-electron chi connectivity index (χ2n) is 12.8. The average molecular weight is 612 g/mol. The van der Waals surface area contributed by atoms with Crippen LogP contribution in [0.5, 0.6) is 17.2 Å². The van der Waals surface area contributed by atoms with Crippen molar-refractivity contribution in [2.45, 2.75) is 132 Å². The van der Waals surface area contributed by atoms with Crippen molar-refractivity contribution in [1.82, 2.24) is 14.7 Å². The molecule has 0 bridgehead atoms. The highest BCUT2D eigenvalue weighted by molar-refractivity contribution is 5.73. The molecule has 0 N–H and O–H groups in total. The van der Waals surface area contributed by atoms with E-state index in [-0.39, 0.29) is 42.3 Å². The van der Waals surface area contributed by atoms with Crippen molar-refractivity contribution in [3.63, 3.8) is 0 Å². The summed E-state index contributed by atoms with van der Waals surface area (Å²) in [7, 11) is 0. The van der Waals surface area contributed by atoms with Crippen LogP contribution < -0.4 is 14.2 Å². The van der Waals surface area contributed by atoms with Gasteiger partial charge in [-0.2, -0.15) is 0 Å². The maximum atomic E-state index is 13.1. The molecule has 2 aromatic rings. The number of amides is 3. The highest BCUT2D eigenvalue weighted by Gasteiger charge is 2.25. The predicted octanol–water partition coefficient (Wildman–Crippen LogP) is 8.32. The van der Waals surface area contributed by atoms with E-state index in [0.29, 0.717) is 30.1 Å². The standard InChI is InChI=1S/C35H53N3O6/c1-22(2)36(23(3)4)33(39)42-30-17-15-28(16-18-30)13-14-29-19-31(43-34(40)37(24(5)6)25(7)8)21-32(20-29)44-35(41)38(26(9)10)27(11)12/h15-27H,13-14H2,1-12H3. The molecule has 0 aliphatic heterocycles. The lowest BCUT2D eigenvalue weighted by molar-refractivity contribution is 0.120. The van der Waals surface area contributed by atoms with Gasteiger partial charge in [-0.15, -0.1) is 0 Å². The zero-order chi connectivity index (χ0) is 33.3. The third-order valence-corrected chi connectivity index (χ3v) is 7.15. The van der Waals surface area contributed by atoms with Gasteiger partial charge in [0.25, 0.3) is 0 Å². The van der Waals surface area contributed by atoms with Gasteiger partial charge in [-0.25, -0.2) is 14.4 Å². The summed E-state index contributed by atoms with van der Waals surface area (Å²) in [4.78, 5) is 43.8. The largest absolute Gasteiger partial charge is 0.415 e. The Morgan fingerprint density at radius 2 is 0.750 bits per heavy atom. The van der Waals surface area contributed by atoms with Crippen LogP contribution in [0.4, 0.5) is 14.4 Å². The number of aryl methyl sites for hydroxylation is 2. The second-order valence-corrected chi connectivity index (χ2v) is 12.8. The maximum absolute atomic E-state index is 13.1. The van der Waals surface area contributed by atoms with Crippen LogP contribution in [0.25, 0.3) is 0 Å². The Kier molecular flexibility index (Phi) is 13.5. The van der Waals surface area contributed by atoms with Crippen molar-refractivity contribution in [2.75, 3.05) is 0 Å². The molecular weight excluding hydrogens is 558 g/mol. The van der Waals surface area contributed by atoms with Crippen LogP contribution in [-0.4, -0.2) is 69.2 Å². The third-order valence-electron chi connectivity index (χ3n) is 7.15. The fraction of sp³-hybridized carbons (Fsp3) is 0.571. The smallest absolute Gasteiger partial charge is 0.410 e. The molecule has 2 aromatic carbocycles. The molecule has 0 unspecified atom stereocenters. The molecular formula is C35H53N3O6. The molecule has 0 aromatic heterocycles. The minimum atomic E-state index is -0.464. The first kappa shape index (κ1) is 36.4. The molecule has 0 spiro atoms. The van der Waals surface area contributed by atoms with E-state index in [1.54, 1.807) is 45.0 Å². The molecule has 0 atom stereocenters. The lowest BCUT2D eigenvalue weighted by atomic mass is 10.0. The maximum Gasteiger partial charge on any atom is 0.415 e. The predicted molar refractivity (Wildman–Crippen MR) is 175 cm³/mol. The van der Waals surface area contributed by atoms with E-state index in [0.717, 1.165) is 11.1 Å². The van der Waals surface area contributed by atoms with Crippen LogP contribution in [-0.2, 0) is 12.8 Å². The van der Waals surface area contributed by atoms with Crippen molar-refractivity contribution in [2.24, 2.45) is 0 Å². The highest BCUT2D eigenvalue weighted by atomic mass is 16.6. The molecule has 0 saturated heterocycles. The van der Waals surface area contributed by atoms with E-state index in [1.165, 1.54) is 0 Å². The molecule has 3 amide bonds. The molecule has 0 radical (unpaired) electrons. The van der Waals surface area contributed by atoms with E-state index >= 15 is 0 Å². The third kappa shape index (κ3) is 10.5. The Balaban J connectivity index is 2.28. The fourth-order valence-corrected chi connectivity index (χ4v) is 5.42. The number of hydrogen-bond acceptors (Lipinski definition) is 6. The van der Waals surface area contributed by atoms with Gasteiger partial charge in [0, 0.05) is 42.3 Å². The first-order valence-corrected chi connectivity index (χ1v) is 15.7. The topological polar surface area (TPSA) is 88.6 Å². The molecule has 0 fully saturated rings. The van der Waals surface area contributed by atoms with Gasteiger partial charge in [0.05, 0.1) is 0 Å². The summed E-state index contributed by atoms with van der Waals surface area (Å²) in [5.41, 5.74) is 1.88. The monoisotopic (exact) mass is 611 g/mol. The van der Waals surface area contributed by atoms with Crippen LogP contribution in [0.3, 0.4) is 0 Å². The van der Waals surface area contributed by atoms with Gasteiger partial charge in [-0.1, -0.05) is 12.1 Å². The summed E-state index contributed by atoms with van der Waals surface area (Å²) in [5.74, 6) is 1.10. The zero-order valence-corrected chi connectivity index (χ0v) is 28.7. The zero-order valence-electron chi connectivity index (χ0n) is 28.7. The van der Waals surface area contributed by atoms with E-state index in [1.807, 2.05) is 95.2 Å². The lowest BCUT2D eigenvalue weighted by Crippen LogP contribution is -2.44. The number of ether oxygens (including phenoxy) is 3. The Bertz CT molecular complexity index is 1160. The summed E-state index contributed by atoms with van der Waals surface area (Å²) in [5, 5.41) is 0. The molecule has 0 aliphatic carbocycles. The van der Waals surface area contributed by atoms with Crippen LogP contribution in [0.2, 0.25) is 0 Å². The van der Waals surface area contributed by atoms with Crippen molar-refractivity contribution in [3.05, 3.63) is 53.6 Å². The minimum absolute atomic E-state index is 0.0265. The number of hydrogen-bond donors (Lipinski definition) is 0. The quantitative estimate of drug-likeness (QED) is 0.240. The van der Waals surface area contributed by atoms with Gasteiger partial charge in [-0.05, 0) is 131 Å². The number of nitrogens with zero attached hydrogens (tertiary/aromatic N) is 3. The van der Waals surface area contributed by atoms with Crippen LogP contribution in [0, 0.1) is 0 Å². The molecule has 0 saturated carbocycles. The number of rotatable bonds is 12. The van der Waals surface area contributed by atoms with Gasteiger partial charge in [0.1, 0.15) is 17.2 Å². The second kappa shape index (κ2) is 16.4. The number of benzene rings is 2. The Morgan fingerprint density at radius 3 is 1.07 bits per heavy atom. The Morgan fingerprint density at radius 1 is 0.455 bits per heavy atom. The van der Waals surface area contributed by atoms with E-state index in [4.69, 9.17) is 14.2 Å². The molecule has 9 nitrogen and oxygen atoms in total. The SMILES string of the molecule is CC(C)N(C(=O)Oc1ccc(CCc2cc(OC(=O)N(C(C)C)C(C)C)cc(OC(=O)N(C(C)C)C(C)C)c2)cc1)C(C)C. The van der Waals surface area contributed by atoms with Gasteiger partial charge in [0.2, 0.25) is 0 Å². The van der Waals surface area contributed by atoms with Gasteiger partial charge in [0.15, 0.2) is 0 Å². The molecule has 44 heavy (non-hydrogen) atoms. The van der Waals surface area contributed by atoms with Gasteiger partial charge >= 0.3 is 18.3 Å². The lowest BCUT2D eigenvalue weighted by Gasteiger charge is -2.30. The van der Waals surface area contributed by atoms with Gasteiger partial charge < -0.3 is 28.9 Å². The summed E-state index contributed by atoms with van der Waals surface area (Å²) in [6, 6.07) is 12.5. The normalized spacial score (nSPS) is 11.5. The first-order chi connectivity index (χ1) is 20.5. The van der Waals surface area contributed by atoms with E-state index in [2.05, 4.69) is 0 Å². The number of carbonyl (C=O) groups excluding carboxylic acids is 3.